The van der Waals surface area contributed by atoms with Crippen LogP contribution >= 0.6 is 11.6 Å². The molecule has 1 aromatic rings. The number of carbonyl (C=O) groups excluding carboxylic acids is 2. The molecule has 0 spiro atoms. The van der Waals surface area contributed by atoms with Gasteiger partial charge in [0.2, 0.25) is 5.91 Å². The van der Waals surface area contributed by atoms with Gasteiger partial charge in [-0.25, -0.2) is 0 Å². The molecule has 1 fully saturated rings. The van der Waals surface area contributed by atoms with Crippen molar-refractivity contribution < 1.29 is 9.59 Å². The summed E-state index contributed by atoms with van der Waals surface area (Å²) in [5, 5.41) is 6.24. The van der Waals surface area contributed by atoms with Crippen molar-refractivity contribution in [2.45, 2.75) is 51.6 Å². The van der Waals surface area contributed by atoms with E-state index in [1.807, 2.05) is 13.8 Å². The average Bonchev–Trinajstić information content (AvgIpc) is 2.97. The largest absolute Gasteiger partial charge is 0.352 e. The maximum atomic E-state index is 12.4. The summed E-state index contributed by atoms with van der Waals surface area (Å²) in [4.78, 5) is 24.8. The highest BCUT2D eigenvalue weighted by Crippen LogP contribution is 2.19. The van der Waals surface area contributed by atoms with Gasteiger partial charge in [-0.15, -0.1) is 0 Å². The molecule has 5 heteroatoms. The number of nitrogens with one attached hydrogen (secondary N) is 2. The molecule has 1 aromatic carbocycles. The van der Waals surface area contributed by atoms with E-state index in [0.29, 0.717) is 10.6 Å². The Morgan fingerprint density at radius 2 is 1.82 bits per heavy atom. The fourth-order valence-electron chi connectivity index (χ4n) is 2.76. The number of hydrogen-bond acceptors (Lipinski definition) is 2. The molecule has 22 heavy (non-hydrogen) atoms. The highest BCUT2D eigenvalue weighted by atomic mass is 35.5. The van der Waals surface area contributed by atoms with Crippen LogP contribution in [0.2, 0.25) is 5.02 Å². The lowest BCUT2D eigenvalue weighted by Gasteiger charge is -2.24. The van der Waals surface area contributed by atoms with Gasteiger partial charge in [-0.3, -0.25) is 9.59 Å². The fourth-order valence-corrected chi connectivity index (χ4v) is 2.98. The van der Waals surface area contributed by atoms with Crippen LogP contribution in [0.3, 0.4) is 0 Å². The normalized spacial score (nSPS) is 16.5. The molecule has 0 radical (unpaired) electrons. The third kappa shape index (κ3) is 4.23. The van der Waals surface area contributed by atoms with Crippen LogP contribution in [0.5, 0.6) is 0 Å². The maximum Gasteiger partial charge on any atom is 0.253 e. The minimum Gasteiger partial charge on any atom is -0.352 e. The Balaban J connectivity index is 2.03. The predicted octanol–water partition coefficient (Wildman–Crippen LogP) is 3.15. The second kappa shape index (κ2) is 7.63. The van der Waals surface area contributed by atoms with Gasteiger partial charge in [0, 0.05) is 6.04 Å². The SMILES string of the molecule is CC(C)C(NC(=O)c1ccccc1Cl)C(=O)NC1CCCC1. The van der Waals surface area contributed by atoms with E-state index in [4.69, 9.17) is 11.6 Å². The Hall–Kier alpha value is -1.55. The minimum atomic E-state index is -0.552. The first-order valence-electron chi connectivity index (χ1n) is 7.85. The van der Waals surface area contributed by atoms with Crippen LogP contribution in [0.1, 0.15) is 49.9 Å². The Kier molecular flexibility index (Phi) is 5.83. The molecule has 1 atom stereocenters. The molecular weight excluding hydrogens is 300 g/mol. The molecule has 4 nitrogen and oxygen atoms in total. The smallest absolute Gasteiger partial charge is 0.253 e. The van der Waals surface area contributed by atoms with E-state index >= 15 is 0 Å². The molecule has 1 aliphatic carbocycles. The Bertz CT molecular complexity index is 539. The fraction of sp³-hybridized carbons (Fsp3) is 0.529. The first kappa shape index (κ1) is 16.8. The van der Waals surface area contributed by atoms with E-state index in [-0.39, 0.29) is 23.8 Å². The Labute approximate surface area is 136 Å². The van der Waals surface area contributed by atoms with Gasteiger partial charge < -0.3 is 10.6 Å². The zero-order valence-corrected chi connectivity index (χ0v) is 13.8. The molecule has 0 aromatic heterocycles. The summed E-state index contributed by atoms with van der Waals surface area (Å²) < 4.78 is 0. The standard InChI is InChI=1S/C17H23ClN2O2/c1-11(2)15(17(22)19-12-7-3-4-8-12)20-16(21)13-9-5-6-10-14(13)18/h5-6,9-12,15H,3-4,7-8H2,1-2H3,(H,19,22)(H,20,21). The lowest BCUT2D eigenvalue weighted by atomic mass is 10.0. The van der Waals surface area contributed by atoms with Crippen LogP contribution in [-0.4, -0.2) is 23.9 Å². The monoisotopic (exact) mass is 322 g/mol. The summed E-state index contributed by atoms with van der Waals surface area (Å²) in [6.07, 6.45) is 4.36. The van der Waals surface area contributed by atoms with Crippen LogP contribution in [-0.2, 0) is 4.79 Å². The van der Waals surface area contributed by atoms with Gasteiger partial charge in [-0.2, -0.15) is 0 Å². The Morgan fingerprint density at radius 1 is 1.18 bits per heavy atom. The van der Waals surface area contributed by atoms with Crippen LogP contribution < -0.4 is 10.6 Å². The van der Waals surface area contributed by atoms with Crippen molar-refractivity contribution in [3.8, 4) is 0 Å². The van der Waals surface area contributed by atoms with E-state index < -0.39 is 6.04 Å². The van der Waals surface area contributed by atoms with Crippen LogP contribution in [0.4, 0.5) is 0 Å². The second-order valence-corrected chi connectivity index (χ2v) is 6.57. The number of halogens is 1. The van der Waals surface area contributed by atoms with Gasteiger partial charge in [0.25, 0.3) is 5.91 Å². The maximum absolute atomic E-state index is 12.4. The van der Waals surface area contributed by atoms with Crippen molar-refractivity contribution in [2.24, 2.45) is 5.92 Å². The molecule has 1 aliphatic rings. The highest BCUT2D eigenvalue weighted by molar-refractivity contribution is 6.33. The van der Waals surface area contributed by atoms with E-state index in [9.17, 15) is 9.59 Å². The molecule has 2 N–H and O–H groups in total. The van der Waals surface area contributed by atoms with E-state index in [2.05, 4.69) is 10.6 Å². The van der Waals surface area contributed by atoms with Gasteiger partial charge in [0.1, 0.15) is 6.04 Å². The van der Waals surface area contributed by atoms with Crippen LogP contribution in [0, 0.1) is 5.92 Å². The number of hydrogen-bond donors (Lipinski definition) is 2. The van der Waals surface area contributed by atoms with Crippen LogP contribution in [0.25, 0.3) is 0 Å². The lowest BCUT2D eigenvalue weighted by molar-refractivity contribution is -0.124. The highest BCUT2D eigenvalue weighted by Gasteiger charge is 2.27. The second-order valence-electron chi connectivity index (χ2n) is 6.16. The van der Waals surface area contributed by atoms with Gasteiger partial charge in [-0.05, 0) is 30.9 Å². The molecule has 1 unspecified atom stereocenters. The van der Waals surface area contributed by atoms with Crippen molar-refractivity contribution in [1.29, 1.82) is 0 Å². The summed E-state index contributed by atoms with van der Waals surface area (Å²) in [5.74, 6) is -0.416. The van der Waals surface area contributed by atoms with E-state index in [1.54, 1.807) is 24.3 Å². The lowest BCUT2D eigenvalue weighted by Crippen LogP contribution is -2.51. The molecule has 2 amide bonds. The van der Waals surface area contributed by atoms with Gasteiger partial charge in [0.05, 0.1) is 10.6 Å². The number of amides is 2. The molecule has 120 valence electrons. The predicted molar refractivity (Wildman–Crippen MR) is 87.9 cm³/mol. The summed E-state index contributed by atoms with van der Waals surface area (Å²) in [6, 6.07) is 6.54. The van der Waals surface area contributed by atoms with Crippen molar-refractivity contribution in [2.75, 3.05) is 0 Å². The van der Waals surface area contributed by atoms with E-state index in [1.165, 1.54) is 0 Å². The van der Waals surface area contributed by atoms with Crippen LogP contribution in [0.15, 0.2) is 24.3 Å². The summed E-state index contributed by atoms with van der Waals surface area (Å²) in [6.45, 7) is 3.84. The minimum absolute atomic E-state index is 0.00726. The van der Waals surface area contributed by atoms with Gasteiger partial charge in [-0.1, -0.05) is 50.4 Å². The zero-order chi connectivity index (χ0) is 16.1. The molecule has 0 saturated heterocycles. The van der Waals surface area contributed by atoms with Gasteiger partial charge >= 0.3 is 0 Å². The molecule has 0 heterocycles. The van der Waals surface area contributed by atoms with Crippen molar-refractivity contribution in [3.63, 3.8) is 0 Å². The van der Waals surface area contributed by atoms with Crippen molar-refractivity contribution >= 4 is 23.4 Å². The quantitative estimate of drug-likeness (QED) is 0.875. The summed E-state index contributed by atoms with van der Waals surface area (Å²) in [5.41, 5.74) is 0.392. The molecule has 0 aliphatic heterocycles. The van der Waals surface area contributed by atoms with Gasteiger partial charge in [0.15, 0.2) is 0 Å². The first-order valence-corrected chi connectivity index (χ1v) is 8.22. The van der Waals surface area contributed by atoms with E-state index in [0.717, 1.165) is 25.7 Å². The summed E-state index contributed by atoms with van der Waals surface area (Å²) in [7, 11) is 0. The molecule has 1 saturated carbocycles. The average molecular weight is 323 g/mol. The number of rotatable bonds is 5. The summed E-state index contributed by atoms with van der Waals surface area (Å²) >= 11 is 6.04. The molecule has 2 rings (SSSR count). The topological polar surface area (TPSA) is 58.2 Å². The third-order valence-electron chi connectivity index (χ3n) is 4.06. The first-order chi connectivity index (χ1) is 10.5. The van der Waals surface area contributed by atoms with Crippen molar-refractivity contribution in [1.82, 2.24) is 10.6 Å². The molecular formula is C17H23ClN2O2. The zero-order valence-electron chi connectivity index (χ0n) is 13.1. The number of benzene rings is 1. The Morgan fingerprint density at radius 3 is 2.41 bits per heavy atom. The van der Waals surface area contributed by atoms with Crippen molar-refractivity contribution in [3.05, 3.63) is 34.9 Å². The third-order valence-corrected chi connectivity index (χ3v) is 4.39. The molecule has 0 bridgehead atoms. The number of carbonyl (C=O) groups is 2.